The topological polar surface area (TPSA) is 52.6 Å². The Labute approximate surface area is 89.6 Å². The summed E-state index contributed by atoms with van der Waals surface area (Å²) in [7, 11) is 0. The molecule has 0 aromatic heterocycles. The molecule has 0 atom stereocenters. The highest BCUT2D eigenvalue weighted by atomic mass is 16.6. The molecule has 0 radical (unpaired) electrons. The van der Waals surface area contributed by atoms with Gasteiger partial charge in [0, 0.05) is 11.1 Å². The zero-order valence-corrected chi connectivity index (χ0v) is 9.33. The Morgan fingerprint density at radius 2 is 1.60 bits per heavy atom. The van der Waals surface area contributed by atoms with Crippen molar-refractivity contribution < 1.29 is 19.1 Å². The second-order valence-corrected chi connectivity index (χ2v) is 3.02. The summed E-state index contributed by atoms with van der Waals surface area (Å²) in [5, 5.41) is 0. The summed E-state index contributed by atoms with van der Waals surface area (Å²) in [6.45, 7) is 8.48. The van der Waals surface area contributed by atoms with Gasteiger partial charge in [0.05, 0.1) is 0 Å². The van der Waals surface area contributed by atoms with Crippen LogP contribution in [0.2, 0.25) is 0 Å². The standard InChI is InChI=1S/C11H16O4/c1-5-9(4)11(13)15-7-6-14-10(12)8(2)3/h5H,2,6-7H2,1,3-4H3. The predicted octanol–water partition coefficient (Wildman–Crippen LogP) is 1.62. The van der Waals surface area contributed by atoms with Crippen molar-refractivity contribution in [3.63, 3.8) is 0 Å². The highest BCUT2D eigenvalue weighted by molar-refractivity contribution is 5.88. The van der Waals surface area contributed by atoms with Gasteiger partial charge in [-0.3, -0.25) is 0 Å². The van der Waals surface area contributed by atoms with Crippen molar-refractivity contribution in [2.45, 2.75) is 20.8 Å². The van der Waals surface area contributed by atoms with Crippen molar-refractivity contribution in [1.82, 2.24) is 0 Å². The molecular weight excluding hydrogens is 196 g/mol. The fraction of sp³-hybridized carbons (Fsp3) is 0.455. The van der Waals surface area contributed by atoms with E-state index in [1.165, 1.54) is 0 Å². The molecule has 0 heterocycles. The molecule has 84 valence electrons. The van der Waals surface area contributed by atoms with E-state index in [9.17, 15) is 9.59 Å². The number of carbonyl (C=O) groups excluding carboxylic acids is 2. The first-order valence-corrected chi connectivity index (χ1v) is 4.61. The first kappa shape index (κ1) is 13.4. The van der Waals surface area contributed by atoms with E-state index in [0.717, 1.165) is 0 Å². The van der Waals surface area contributed by atoms with Gasteiger partial charge in [-0.1, -0.05) is 12.7 Å². The molecule has 0 unspecified atom stereocenters. The van der Waals surface area contributed by atoms with E-state index >= 15 is 0 Å². The van der Waals surface area contributed by atoms with Gasteiger partial charge >= 0.3 is 11.9 Å². The summed E-state index contributed by atoms with van der Waals surface area (Å²) in [6, 6.07) is 0. The van der Waals surface area contributed by atoms with Crippen LogP contribution in [0, 0.1) is 0 Å². The maximum Gasteiger partial charge on any atom is 0.333 e. The van der Waals surface area contributed by atoms with Crippen molar-refractivity contribution in [3.05, 3.63) is 23.8 Å². The Hall–Kier alpha value is -1.58. The minimum Gasteiger partial charge on any atom is -0.459 e. The van der Waals surface area contributed by atoms with Gasteiger partial charge in [0.15, 0.2) is 0 Å². The number of rotatable bonds is 5. The summed E-state index contributed by atoms with van der Waals surface area (Å²) in [4.78, 5) is 22.0. The lowest BCUT2D eigenvalue weighted by Gasteiger charge is -2.05. The highest BCUT2D eigenvalue weighted by Gasteiger charge is 2.06. The zero-order valence-electron chi connectivity index (χ0n) is 9.33. The fourth-order valence-electron chi connectivity index (χ4n) is 0.624. The van der Waals surface area contributed by atoms with Crippen LogP contribution in [0.4, 0.5) is 0 Å². The van der Waals surface area contributed by atoms with Crippen LogP contribution in [0.1, 0.15) is 20.8 Å². The molecule has 0 saturated carbocycles. The molecule has 0 aromatic carbocycles. The maximum atomic E-state index is 11.1. The van der Waals surface area contributed by atoms with Crippen LogP contribution in [-0.2, 0) is 19.1 Å². The van der Waals surface area contributed by atoms with E-state index in [2.05, 4.69) is 6.58 Å². The Morgan fingerprint density at radius 3 is 2.00 bits per heavy atom. The van der Waals surface area contributed by atoms with Crippen LogP contribution in [0.3, 0.4) is 0 Å². The van der Waals surface area contributed by atoms with Gasteiger partial charge in [-0.2, -0.15) is 0 Å². The number of esters is 2. The average molecular weight is 212 g/mol. The molecule has 0 fully saturated rings. The summed E-state index contributed by atoms with van der Waals surface area (Å²) >= 11 is 0. The fourth-order valence-corrected chi connectivity index (χ4v) is 0.624. The van der Waals surface area contributed by atoms with Gasteiger partial charge in [-0.05, 0) is 20.8 Å². The highest BCUT2D eigenvalue weighted by Crippen LogP contribution is 1.96. The van der Waals surface area contributed by atoms with Crippen molar-refractivity contribution in [3.8, 4) is 0 Å². The molecule has 0 amide bonds. The number of ether oxygens (including phenoxy) is 2. The Morgan fingerprint density at radius 1 is 1.13 bits per heavy atom. The lowest BCUT2D eigenvalue weighted by Crippen LogP contribution is -2.14. The minimum atomic E-state index is -0.478. The molecule has 4 heteroatoms. The summed E-state index contributed by atoms with van der Waals surface area (Å²) in [6.07, 6.45) is 1.65. The van der Waals surface area contributed by atoms with E-state index in [0.29, 0.717) is 11.1 Å². The van der Waals surface area contributed by atoms with Gasteiger partial charge in [0.2, 0.25) is 0 Å². The third-order valence-electron chi connectivity index (χ3n) is 1.65. The third kappa shape index (κ3) is 5.67. The second-order valence-electron chi connectivity index (χ2n) is 3.02. The first-order chi connectivity index (χ1) is 6.99. The number of carbonyl (C=O) groups is 2. The third-order valence-corrected chi connectivity index (χ3v) is 1.65. The molecule has 0 bridgehead atoms. The van der Waals surface area contributed by atoms with Crippen LogP contribution < -0.4 is 0 Å². The van der Waals surface area contributed by atoms with Crippen LogP contribution in [0.5, 0.6) is 0 Å². The first-order valence-electron chi connectivity index (χ1n) is 4.61. The molecule has 0 aromatic rings. The predicted molar refractivity (Wildman–Crippen MR) is 56.2 cm³/mol. The molecular formula is C11H16O4. The minimum absolute atomic E-state index is 0.0500. The van der Waals surface area contributed by atoms with Crippen molar-refractivity contribution in [2.24, 2.45) is 0 Å². The Kier molecular flexibility index (Phi) is 6.09. The average Bonchev–Trinajstić information content (AvgIpc) is 2.22. The summed E-state index contributed by atoms with van der Waals surface area (Å²) in [5.41, 5.74) is 0.854. The largest absolute Gasteiger partial charge is 0.459 e. The molecule has 0 aliphatic heterocycles. The van der Waals surface area contributed by atoms with Gasteiger partial charge in [0.25, 0.3) is 0 Å². The van der Waals surface area contributed by atoms with Gasteiger partial charge in [-0.25, -0.2) is 9.59 Å². The zero-order chi connectivity index (χ0) is 11.8. The lowest BCUT2D eigenvalue weighted by molar-refractivity contribution is -0.147. The Bertz CT molecular complexity index is 289. The molecule has 0 spiro atoms. The van der Waals surface area contributed by atoms with E-state index in [4.69, 9.17) is 9.47 Å². The smallest absolute Gasteiger partial charge is 0.333 e. The monoisotopic (exact) mass is 212 g/mol. The Balaban J connectivity index is 3.69. The van der Waals surface area contributed by atoms with Crippen molar-refractivity contribution >= 4 is 11.9 Å². The van der Waals surface area contributed by atoms with Gasteiger partial charge in [0.1, 0.15) is 13.2 Å². The van der Waals surface area contributed by atoms with E-state index in [1.54, 1.807) is 26.8 Å². The maximum absolute atomic E-state index is 11.1. The van der Waals surface area contributed by atoms with E-state index in [1.807, 2.05) is 0 Å². The van der Waals surface area contributed by atoms with Crippen molar-refractivity contribution in [1.29, 1.82) is 0 Å². The number of allylic oxidation sites excluding steroid dienone is 1. The van der Waals surface area contributed by atoms with E-state index in [-0.39, 0.29) is 13.2 Å². The molecule has 0 aliphatic carbocycles. The number of hydrogen-bond donors (Lipinski definition) is 0. The second kappa shape index (κ2) is 6.81. The SMILES string of the molecule is C=C(C)C(=O)OCCOC(=O)C(C)=CC. The molecule has 0 saturated heterocycles. The van der Waals surface area contributed by atoms with Crippen LogP contribution in [-0.4, -0.2) is 25.2 Å². The van der Waals surface area contributed by atoms with Gasteiger partial charge < -0.3 is 9.47 Å². The summed E-state index contributed by atoms with van der Waals surface area (Å²) in [5.74, 6) is -0.877. The normalized spacial score (nSPS) is 10.7. The molecule has 15 heavy (non-hydrogen) atoms. The quantitative estimate of drug-likeness (QED) is 0.394. The molecule has 4 nitrogen and oxygen atoms in total. The van der Waals surface area contributed by atoms with Crippen LogP contribution >= 0.6 is 0 Å². The van der Waals surface area contributed by atoms with E-state index < -0.39 is 11.9 Å². The summed E-state index contributed by atoms with van der Waals surface area (Å²) < 4.78 is 9.54. The van der Waals surface area contributed by atoms with Crippen molar-refractivity contribution in [2.75, 3.05) is 13.2 Å². The van der Waals surface area contributed by atoms with Gasteiger partial charge in [-0.15, -0.1) is 0 Å². The molecule has 0 aliphatic rings. The molecule has 0 N–H and O–H groups in total. The lowest BCUT2D eigenvalue weighted by atomic mass is 10.3. The van der Waals surface area contributed by atoms with Crippen LogP contribution in [0.25, 0.3) is 0 Å². The van der Waals surface area contributed by atoms with Crippen LogP contribution in [0.15, 0.2) is 23.8 Å². The number of hydrogen-bond acceptors (Lipinski definition) is 4. The molecule has 0 rings (SSSR count).